The Bertz CT molecular complexity index is 867. The van der Waals surface area contributed by atoms with Crippen molar-refractivity contribution in [2.45, 2.75) is 64.7 Å². The number of hydrogen-bond acceptors (Lipinski definition) is 1. The van der Waals surface area contributed by atoms with Crippen molar-refractivity contribution in [3.63, 3.8) is 0 Å². The minimum atomic E-state index is -0.168. The number of nitrogens with one attached hydrogen (secondary N) is 1. The van der Waals surface area contributed by atoms with E-state index in [4.69, 9.17) is 0 Å². The highest BCUT2D eigenvalue weighted by Gasteiger charge is 2.17. The minimum absolute atomic E-state index is 0.168. The predicted molar refractivity (Wildman–Crippen MR) is 137 cm³/mol. The van der Waals surface area contributed by atoms with Gasteiger partial charge in [-0.2, -0.15) is 0 Å². The molecule has 168 valence electrons. The van der Waals surface area contributed by atoms with Crippen LogP contribution in [0.5, 0.6) is 0 Å². The molecule has 3 rings (SSSR count). The summed E-state index contributed by atoms with van der Waals surface area (Å²) in [5.74, 6) is 0. The number of unbranched alkanes of at least 4 members (excludes halogenated alkanes) is 7. The van der Waals surface area contributed by atoms with Gasteiger partial charge in [-0.25, -0.2) is 4.79 Å². The van der Waals surface area contributed by atoms with E-state index in [-0.39, 0.29) is 6.03 Å². The Kier molecular flexibility index (Phi) is 9.85. The molecule has 0 heterocycles. The summed E-state index contributed by atoms with van der Waals surface area (Å²) in [6.45, 7) is 2.26. The molecule has 0 aliphatic rings. The first-order valence-electron chi connectivity index (χ1n) is 12.1. The largest absolute Gasteiger partial charge is 0.330 e. The third kappa shape index (κ3) is 7.56. The van der Waals surface area contributed by atoms with Gasteiger partial charge in [-0.3, -0.25) is 4.90 Å². The highest BCUT2D eigenvalue weighted by Crippen LogP contribution is 2.26. The molecule has 0 spiro atoms. The van der Waals surface area contributed by atoms with E-state index in [2.05, 4.69) is 24.4 Å². The SMILES string of the molecule is CCCCCCCCCCc1ccc(NC(=O)N(c2ccccc2)c2ccccc2)cc1. The van der Waals surface area contributed by atoms with E-state index in [1.54, 1.807) is 4.90 Å². The Morgan fingerprint density at radius 1 is 0.656 bits per heavy atom. The highest BCUT2D eigenvalue weighted by atomic mass is 16.2. The standard InChI is InChI=1S/C29H36N2O/c1-2-3-4-5-6-7-8-11-16-25-21-23-26(24-22-25)30-29(32)31(27-17-12-9-13-18-27)28-19-14-10-15-20-28/h9-10,12-15,17-24H,2-8,11,16H2,1H3,(H,30,32). The maximum absolute atomic E-state index is 13.2. The zero-order valence-corrected chi connectivity index (χ0v) is 19.3. The summed E-state index contributed by atoms with van der Waals surface area (Å²) in [5, 5.41) is 3.05. The van der Waals surface area contributed by atoms with Gasteiger partial charge in [-0.1, -0.05) is 100 Å². The summed E-state index contributed by atoms with van der Waals surface area (Å²) < 4.78 is 0. The van der Waals surface area contributed by atoms with Crippen LogP contribution in [0.1, 0.15) is 63.9 Å². The number of benzene rings is 3. The number of rotatable bonds is 12. The van der Waals surface area contributed by atoms with Gasteiger partial charge < -0.3 is 5.32 Å². The molecule has 2 amide bonds. The van der Waals surface area contributed by atoms with Gasteiger partial charge in [-0.15, -0.1) is 0 Å². The van der Waals surface area contributed by atoms with Gasteiger partial charge in [0.25, 0.3) is 0 Å². The molecule has 3 nitrogen and oxygen atoms in total. The fourth-order valence-corrected chi connectivity index (χ4v) is 3.93. The predicted octanol–water partition coefficient (Wildman–Crippen LogP) is 8.74. The molecule has 0 radical (unpaired) electrons. The fraction of sp³-hybridized carbons (Fsp3) is 0.345. The Balaban J connectivity index is 1.52. The van der Waals surface area contributed by atoms with Gasteiger partial charge in [0.15, 0.2) is 0 Å². The molecule has 0 saturated heterocycles. The third-order valence-electron chi connectivity index (χ3n) is 5.76. The molecule has 0 bridgehead atoms. The van der Waals surface area contributed by atoms with Crippen LogP contribution in [-0.2, 0) is 6.42 Å². The first-order chi connectivity index (χ1) is 15.8. The number of hydrogen-bond donors (Lipinski definition) is 1. The first-order valence-corrected chi connectivity index (χ1v) is 12.1. The Morgan fingerprint density at radius 3 is 1.69 bits per heavy atom. The molecule has 0 atom stereocenters. The van der Waals surface area contributed by atoms with Crippen molar-refractivity contribution in [1.82, 2.24) is 0 Å². The molecular weight excluding hydrogens is 392 g/mol. The lowest BCUT2D eigenvalue weighted by Crippen LogP contribution is -2.30. The first kappa shape index (κ1) is 23.6. The van der Waals surface area contributed by atoms with Crippen molar-refractivity contribution in [1.29, 1.82) is 0 Å². The maximum atomic E-state index is 13.2. The second kappa shape index (κ2) is 13.4. The lowest BCUT2D eigenvalue weighted by Gasteiger charge is -2.23. The van der Waals surface area contributed by atoms with Crippen LogP contribution in [0.4, 0.5) is 21.9 Å². The molecule has 32 heavy (non-hydrogen) atoms. The summed E-state index contributed by atoms with van der Waals surface area (Å²) in [7, 11) is 0. The minimum Gasteiger partial charge on any atom is -0.307 e. The van der Waals surface area contributed by atoms with Crippen LogP contribution in [-0.4, -0.2) is 6.03 Å². The number of aryl methyl sites for hydroxylation is 1. The number of nitrogens with zero attached hydrogens (tertiary/aromatic N) is 1. The topological polar surface area (TPSA) is 32.3 Å². The quantitative estimate of drug-likeness (QED) is 0.287. The summed E-state index contributed by atoms with van der Waals surface area (Å²) in [5.41, 5.74) is 3.81. The molecule has 0 aromatic heterocycles. The maximum Gasteiger partial charge on any atom is 0.330 e. The van der Waals surface area contributed by atoms with Gasteiger partial charge in [0.05, 0.1) is 11.4 Å². The molecular formula is C29H36N2O. The number of urea groups is 1. The van der Waals surface area contributed by atoms with E-state index in [1.165, 1.54) is 56.9 Å². The molecule has 0 unspecified atom stereocenters. The normalized spacial score (nSPS) is 10.7. The van der Waals surface area contributed by atoms with Crippen LogP contribution < -0.4 is 10.2 Å². The molecule has 3 aromatic rings. The number of para-hydroxylation sites is 2. The average Bonchev–Trinajstić information content (AvgIpc) is 2.83. The second-order valence-electron chi connectivity index (χ2n) is 8.36. The van der Waals surface area contributed by atoms with Crippen molar-refractivity contribution in [3.05, 3.63) is 90.5 Å². The zero-order chi connectivity index (χ0) is 22.4. The molecule has 3 aromatic carbocycles. The van der Waals surface area contributed by atoms with Crippen LogP contribution in [0.3, 0.4) is 0 Å². The van der Waals surface area contributed by atoms with E-state index >= 15 is 0 Å². The van der Waals surface area contributed by atoms with E-state index < -0.39 is 0 Å². The third-order valence-corrected chi connectivity index (χ3v) is 5.76. The lowest BCUT2D eigenvalue weighted by molar-refractivity contribution is 0.259. The van der Waals surface area contributed by atoms with Crippen LogP contribution in [0, 0.1) is 0 Å². The van der Waals surface area contributed by atoms with E-state index in [9.17, 15) is 4.79 Å². The van der Waals surface area contributed by atoms with E-state index in [0.29, 0.717) is 0 Å². The van der Waals surface area contributed by atoms with Crippen LogP contribution in [0.15, 0.2) is 84.9 Å². The fourth-order valence-electron chi connectivity index (χ4n) is 3.93. The van der Waals surface area contributed by atoms with Gasteiger partial charge in [0, 0.05) is 5.69 Å². The van der Waals surface area contributed by atoms with Crippen molar-refractivity contribution < 1.29 is 4.79 Å². The molecule has 1 N–H and O–H groups in total. The Labute approximate surface area is 193 Å². The average molecular weight is 429 g/mol. The van der Waals surface area contributed by atoms with Crippen molar-refractivity contribution in [3.8, 4) is 0 Å². The van der Waals surface area contributed by atoms with Crippen molar-refractivity contribution in [2.75, 3.05) is 10.2 Å². The van der Waals surface area contributed by atoms with E-state index in [0.717, 1.165) is 23.5 Å². The molecule has 0 aliphatic heterocycles. The zero-order valence-electron chi connectivity index (χ0n) is 19.3. The van der Waals surface area contributed by atoms with Crippen LogP contribution in [0.2, 0.25) is 0 Å². The number of amides is 2. The van der Waals surface area contributed by atoms with E-state index in [1.807, 2.05) is 72.8 Å². The molecule has 0 fully saturated rings. The van der Waals surface area contributed by atoms with Crippen molar-refractivity contribution >= 4 is 23.1 Å². The van der Waals surface area contributed by atoms with Gasteiger partial charge in [0.1, 0.15) is 0 Å². The monoisotopic (exact) mass is 428 g/mol. The Morgan fingerprint density at radius 2 is 1.16 bits per heavy atom. The number of carbonyl (C=O) groups excluding carboxylic acids is 1. The molecule has 3 heteroatoms. The van der Waals surface area contributed by atoms with Gasteiger partial charge in [-0.05, 0) is 54.8 Å². The lowest BCUT2D eigenvalue weighted by atomic mass is 10.0. The van der Waals surface area contributed by atoms with Crippen LogP contribution in [0.25, 0.3) is 0 Å². The van der Waals surface area contributed by atoms with Gasteiger partial charge >= 0.3 is 6.03 Å². The highest BCUT2D eigenvalue weighted by molar-refractivity contribution is 6.07. The Hall–Kier alpha value is -3.07. The summed E-state index contributed by atoms with van der Waals surface area (Å²) in [4.78, 5) is 14.9. The summed E-state index contributed by atoms with van der Waals surface area (Å²) in [6.07, 6.45) is 11.8. The summed E-state index contributed by atoms with van der Waals surface area (Å²) in [6, 6.07) is 27.6. The van der Waals surface area contributed by atoms with Gasteiger partial charge in [0.2, 0.25) is 0 Å². The number of anilines is 3. The number of carbonyl (C=O) groups is 1. The van der Waals surface area contributed by atoms with Crippen molar-refractivity contribution in [2.24, 2.45) is 0 Å². The molecule has 0 saturated carbocycles. The van der Waals surface area contributed by atoms with Crippen LogP contribution >= 0.6 is 0 Å². The molecule has 0 aliphatic carbocycles. The smallest absolute Gasteiger partial charge is 0.307 e. The summed E-state index contributed by atoms with van der Waals surface area (Å²) >= 11 is 0. The second-order valence-corrected chi connectivity index (χ2v) is 8.36.